The molecule has 2 unspecified atom stereocenters. The van der Waals surface area contributed by atoms with E-state index >= 15 is 0 Å². The van der Waals surface area contributed by atoms with E-state index < -0.39 is 69.1 Å². The maximum Gasteiger partial charge on any atom is 0.417 e. The van der Waals surface area contributed by atoms with Crippen molar-refractivity contribution in [2.24, 2.45) is 0 Å². The van der Waals surface area contributed by atoms with Crippen LogP contribution in [0.4, 0.5) is 26.3 Å². The van der Waals surface area contributed by atoms with E-state index in [0.29, 0.717) is 13.1 Å². The van der Waals surface area contributed by atoms with Crippen molar-refractivity contribution in [3.05, 3.63) is 70.8 Å². The van der Waals surface area contributed by atoms with Crippen molar-refractivity contribution in [2.75, 3.05) is 67.6 Å². The first-order valence-electron chi connectivity index (χ1n) is 15.5. The van der Waals surface area contributed by atoms with Gasteiger partial charge in [0.1, 0.15) is 12.1 Å². The zero-order chi connectivity index (χ0) is 37.7. The van der Waals surface area contributed by atoms with Crippen LogP contribution in [0.3, 0.4) is 0 Å². The number of methoxy groups -OCH3 is 2. The molecule has 0 aliphatic carbocycles. The molecule has 2 fully saturated rings. The summed E-state index contributed by atoms with van der Waals surface area (Å²) in [4.78, 5) is 55.4. The molecule has 2 atom stereocenters. The number of carbonyl (C=O) groups excluding carboxylic acids is 4. The summed E-state index contributed by atoms with van der Waals surface area (Å²) in [6, 6.07) is 4.15. The Kier molecular flexibility index (Phi) is 12.6. The van der Waals surface area contributed by atoms with Gasteiger partial charge in [0.05, 0.1) is 25.3 Å². The predicted octanol–water partition coefficient (Wildman–Crippen LogP) is 4.53. The molecule has 2 heterocycles. The maximum atomic E-state index is 14.2. The molecule has 2 aromatic rings. The number of carbonyl (C=O) groups is 4. The third-order valence-electron chi connectivity index (χ3n) is 8.35. The zero-order valence-corrected chi connectivity index (χ0v) is 28.9. The van der Waals surface area contributed by atoms with E-state index in [2.05, 4.69) is 0 Å². The largest absolute Gasteiger partial charge is 0.467 e. The third-order valence-corrected chi connectivity index (χ3v) is 9.51. The first-order chi connectivity index (χ1) is 23.9. The number of benzene rings is 2. The molecule has 51 heavy (non-hydrogen) atoms. The second kappa shape index (κ2) is 16.3. The van der Waals surface area contributed by atoms with Crippen LogP contribution >= 0.6 is 11.8 Å². The predicted molar refractivity (Wildman–Crippen MR) is 175 cm³/mol. The molecular weight excluding hydrogens is 706 g/mol. The van der Waals surface area contributed by atoms with Crippen LogP contribution in [-0.2, 0) is 41.0 Å². The number of rotatable bonds is 8. The van der Waals surface area contributed by atoms with Gasteiger partial charge in [0.25, 0.3) is 0 Å². The van der Waals surface area contributed by atoms with Gasteiger partial charge in [-0.15, -0.1) is 0 Å². The third kappa shape index (κ3) is 9.92. The van der Waals surface area contributed by atoms with Crippen molar-refractivity contribution < 1.29 is 55.0 Å². The molecule has 0 bridgehead atoms. The van der Waals surface area contributed by atoms with Gasteiger partial charge in [-0.25, -0.2) is 9.59 Å². The van der Waals surface area contributed by atoms with Crippen molar-refractivity contribution in [2.45, 2.75) is 34.2 Å². The van der Waals surface area contributed by atoms with Gasteiger partial charge in [-0.2, -0.15) is 26.3 Å². The molecule has 0 radical (unpaired) electrons. The van der Waals surface area contributed by atoms with Gasteiger partial charge in [-0.3, -0.25) is 9.59 Å². The summed E-state index contributed by atoms with van der Waals surface area (Å²) >= 11 is 0.268. The van der Waals surface area contributed by atoms with Crippen molar-refractivity contribution >= 4 is 47.7 Å². The number of likely N-dealkylation sites (N-methyl/N-ethyl adjacent to an activating group) is 2. The van der Waals surface area contributed by atoms with Crippen molar-refractivity contribution in [3.63, 3.8) is 0 Å². The molecule has 2 aliphatic rings. The average molecular weight is 743 g/mol. The van der Waals surface area contributed by atoms with Gasteiger partial charge >= 0.3 is 24.3 Å². The fourth-order valence-electron chi connectivity index (χ4n) is 5.61. The number of halogens is 6. The first-order valence-corrected chi connectivity index (χ1v) is 16.3. The van der Waals surface area contributed by atoms with Crippen LogP contribution in [0, 0.1) is 0 Å². The van der Waals surface area contributed by atoms with E-state index in [9.17, 15) is 45.5 Å². The molecule has 17 heteroatoms. The SMILES string of the molecule is COC(=O)C1CN(C)CCN1C(=O)/C=C/c1ccc(Sc2ccc(/C=C/C(=O)N3CCN(C)CC3C(=O)OC)cc2C(F)(F)F)c(C(F)(F)F)c1. The van der Waals surface area contributed by atoms with Gasteiger partial charge in [0.2, 0.25) is 11.8 Å². The van der Waals surface area contributed by atoms with E-state index in [1.165, 1.54) is 36.2 Å². The molecule has 4 rings (SSSR count). The van der Waals surface area contributed by atoms with Gasteiger partial charge in [-0.1, -0.05) is 23.9 Å². The van der Waals surface area contributed by atoms with Gasteiger partial charge in [0, 0.05) is 61.2 Å². The highest BCUT2D eigenvalue weighted by atomic mass is 32.2. The highest BCUT2D eigenvalue weighted by Gasteiger charge is 2.38. The number of esters is 2. The molecule has 0 saturated carbocycles. The number of amides is 2. The number of hydrogen-bond acceptors (Lipinski definition) is 9. The van der Waals surface area contributed by atoms with Crippen LogP contribution in [0.25, 0.3) is 12.2 Å². The molecule has 2 amide bonds. The van der Waals surface area contributed by atoms with Crippen molar-refractivity contribution in [3.8, 4) is 0 Å². The zero-order valence-electron chi connectivity index (χ0n) is 28.1. The van der Waals surface area contributed by atoms with Crippen LogP contribution in [0.1, 0.15) is 22.3 Å². The highest BCUT2D eigenvalue weighted by Crippen LogP contribution is 2.44. The van der Waals surface area contributed by atoms with Gasteiger partial charge in [-0.05, 0) is 61.6 Å². The summed E-state index contributed by atoms with van der Waals surface area (Å²) in [6.45, 7) is 1.70. The summed E-state index contributed by atoms with van der Waals surface area (Å²) in [5.74, 6) is -2.52. The summed E-state index contributed by atoms with van der Waals surface area (Å²) in [5.41, 5.74) is -2.52. The van der Waals surface area contributed by atoms with Crippen LogP contribution in [0.2, 0.25) is 0 Å². The number of ether oxygens (including phenoxy) is 2. The smallest absolute Gasteiger partial charge is 0.417 e. The number of piperazine rings is 2. The summed E-state index contributed by atoms with van der Waals surface area (Å²) in [7, 11) is 5.88. The molecule has 2 saturated heterocycles. The number of hydrogen-bond donors (Lipinski definition) is 0. The Bertz CT molecular complexity index is 1580. The highest BCUT2D eigenvalue weighted by molar-refractivity contribution is 7.99. The summed E-state index contributed by atoms with van der Waals surface area (Å²) in [6.07, 6.45) is -5.59. The summed E-state index contributed by atoms with van der Waals surface area (Å²) in [5, 5.41) is 0. The van der Waals surface area contributed by atoms with E-state index in [4.69, 9.17) is 9.47 Å². The Balaban J connectivity index is 1.57. The van der Waals surface area contributed by atoms with Crippen LogP contribution in [0.15, 0.2) is 58.3 Å². The average Bonchev–Trinajstić information content (AvgIpc) is 3.08. The van der Waals surface area contributed by atoms with E-state index in [1.54, 1.807) is 14.1 Å². The van der Waals surface area contributed by atoms with Crippen LogP contribution in [-0.4, -0.2) is 123 Å². The lowest BCUT2D eigenvalue weighted by Gasteiger charge is -2.37. The van der Waals surface area contributed by atoms with E-state index in [1.807, 2.05) is 9.80 Å². The molecule has 0 spiro atoms. The quantitative estimate of drug-likeness (QED) is 0.220. The van der Waals surface area contributed by atoms with Gasteiger partial charge in [0.15, 0.2) is 0 Å². The van der Waals surface area contributed by atoms with E-state index in [-0.39, 0.29) is 49.1 Å². The monoisotopic (exact) mass is 742 g/mol. The second-order valence-corrected chi connectivity index (χ2v) is 13.0. The minimum atomic E-state index is -4.96. The topological polar surface area (TPSA) is 99.7 Å². The number of nitrogens with zero attached hydrogens (tertiary/aromatic N) is 4. The molecule has 2 aromatic carbocycles. The Morgan fingerprint density at radius 3 is 1.37 bits per heavy atom. The maximum absolute atomic E-state index is 14.2. The normalized spacial score (nSPS) is 19.5. The Morgan fingerprint density at radius 2 is 1.04 bits per heavy atom. The Hall–Kier alpha value is -4.35. The molecule has 0 aromatic heterocycles. The molecule has 10 nitrogen and oxygen atoms in total. The lowest BCUT2D eigenvalue weighted by Crippen LogP contribution is -2.57. The fourth-order valence-corrected chi connectivity index (χ4v) is 6.69. The van der Waals surface area contributed by atoms with Gasteiger partial charge < -0.3 is 29.1 Å². The summed E-state index contributed by atoms with van der Waals surface area (Å²) < 4.78 is 94.9. The molecule has 0 N–H and O–H groups in total. The fraction of sp³-hybridized carbons (Fsp3) is 0.412. The lowest BCUT2D eigenvalue weighted by molar-refractivity contribution is -0.154. The minimum Gasteiger partial charge on any atom is -0.467 e. The molecule has 2 aliphatic heterocycles. The Morgan fingerprint density at radius 1 is 0.667 bits per heavy atom. The number of alkyl halides is 6. The van der Waals surface area contributed by atoms with Crippen molar-refractivity contribution in [1.29, 1.82) is 0 Å². The lowest BCUT2D eigenvalue weighted by atomic mass is 10.1. The van der Waals surface area contributed by atoms with Crippen molar-refractivity contribution in [1.82, 2.24) is 19.6 Å². The minimum absolute atomic E-state index is 0.0419. The molecular formula is C34H36F6N4O6S. The van der Waals surface area contributed by atoms with Crippen LogP contribution in [0.5, 0.6) is 0 Å². The first kappa shape index (κ1) is 39.4. The second-order valence-electron chi connectivity index (χ2n) is 11.9. The van der Waals surface area contributed by atoms with E-state index in [0.717, 1.165) is 48.6 Å². The van der Waals surface area contributed by atoms with Crippen LogP contribution < -0.4 is 0 Å². The standard InChI is InChI=1S/C34H36F6N4O6S/c1-41-13-15-43(25(19-41)31(47)49-3)29(45)11-7-21-5-9-27(23(17-21)33(35,36)37)51-28-10-6-22(18-24(28)34(38,39)40)8-12-30(46)44-16-14-42(2)20-26(44)32(48)50-4/h5-12,17-18,25-26H,13-16,19-20H2,1-4H3/b11-7+,12-8+. The Labute approximate surface area is 294 Å². The molecule has 276 valence electrons.